The first kappa shape index (κ1) is 10.8. The monoisotopic (exact) mass is 202 g/mol. The van der Waals surface area contributed by atoms with Crippen LogP contribution in [0.15, 0.2) is 24.3 Å². The quantitative estimate of drug-likeness (QED) is 0.673. The molecule has 1 rings (SSSR count). The molecule has 4 heteroatoms. The molecule has 0 radical (unpaired) electrons. The zero-order chi connectivity index (χ0) is 10.8. The van der Waals surface area contributed by atoms with Crippen LogP contribution in [0.1, 0.15) is 28.8 Å². The van der Waals surface area contributed by atoms with Gasteiger partial charge < -0.3 is 0 Å². The van der Waals surface area contributed by atoms with E-state index in [1.54, 1.807) is 0 Å². The number of alkyl halides is 3. The van der Waals surface area contributed by atoms with Gasteiger partial charge in [-0.05, 0) is 12.5 Å². The van der Waals surface area contributed by atoms with E-state index >= 15 is 0 Å². The van der Waals surface area contributed by atoms with Crippen LogP contribution in [0.5, 0.6) is 0 Å². The van der Waals surface area contributed by atoms with E-state index in [0.717, 1.165) is 6.92 Å². The molecule has 0 saturated carbocycles. The van der Waals surface area contributed by atoms with Gasteiger partial charge in [0.2, 0.25) is 0 Å². The van der Waals surface area contributed by atoms with Gasteiger partial charge in [0.05, 0.1) is 5.92 Å². The second kappa shape index (κ2) is 3.82. The van der Waals surface area contributed by atoms with E-state index in [4.69, 9.17) is 0 Å². The van der Waals surface area contributed by atoms with Gasteiger partial charge in [0.15, 0.2) is 0 Å². The van der Waals surface area contributed by atoms with Crippen LogP contribution in [0.25, 0.3) is 0 Å². The van der Waals surface area contributed by atoms with Crippen molar-refractivity contribution in [1.82, 2.24) is 0 Å². The van der Waals surface area contributed by atoms with Gasteiger partial charge in [-0.2, -0.15) is 13.2 Å². The first-order valence-corrected chi connectivity index (χ1v) is 4.07. The van der Waals surface area contributed by atoms with Crippen LogP contribution < -0.4 is 0 Å². The van der Waals surface area contributed by atoms with Crippen LogP contribution in [0, 0.1) is 0 Å². The highest BCUT2D eigenvalue weighted by atomic mass is 19.4. The molecule has 1 nitrogen and oxygen atoms in total. The summed E-state index contributed by atoms with van der Waals surface area (Å²) in [5.74, 6) is -1.50. The number of benzene rings is 1. The predicted molar refractivity (Wildman–Crippen MR) is 46.3 cm³/mol. The second-order valence-corrected chi connectivity index (χ2v) is 3.05. The van der Waals surface area contributed by atoms with Gasteiger partial charge in [-0.15, -0.1) is 0 Å². The van der Waals surface area contributed by atoms with Crippen molar-refractivity contribution in [2.75, 3.05) is 0 Å². The Hall–Kier alpha value is -1.32. The Bertz CT molecular complexity index is 313. The third-order valence-corrected chi connectivity index (χ3v) is 2.06. The van der Waals surface area contributed by atoms with E-state index < -0.39 is 12.1 Å². The summed E-state index contributed by atoms with van der Waals surface area (Å²) in [5, 5.41) is 0. The van der Waals surface area contributed by atoms with Gasteiger partial charge in [0.25, 0.3) is 0 Å². The molecule has 0 saturated heterocycles. The van der Waals surface area contributed by atoms with Gasteiger partial charge in [-0.3, -0.25) is 4.79 Å². The molecule has 0 aromatic heterocycles. The number of hydrogen-bond donors (Lipinski definition) is 0. The summed E-state index contributed by atoms with van der Waals surface area (Å²) in [7, 11) is 0. The zero-order valence-electron chi connectivity index (χ0n) is 7.51. The summed E-state index contributed by atoms with van der Waals surface area (Å²) in [6.45, 7) is 1.09. The number of aldehydes is 1. The zero-order valence-corrected chi connectivity index (χ0v) is 7.51. The van der Waals surface area contributed by atoms with Gasteiger partial charge in [0.1, 0.15) is 6.29 Å². The van der Waals surface area contributed by atoms with Crippen LogP contribution in [-0.2, 0) is 0 Å². The molecule has 0 unspecified atom stereocenters. The lowest BCUT2D eigenvalue weighted by Gasteiger charge is -2.15. The van der Waals surface area contributed by atoms with Crippen molar-refractivity contribution < 1.29 is 18.0 Å². The van der Waals surface area contributed by atoms with Crippen molar-refractivity contribution in [3.63, 3.8) is 0 Å². The summed E-state index contributed by atoms with van der Waals surface area (Å²) in [6, 6.07) is 5.40. The fourth-order valence-electron chi connectivity index (χ4n) is 1.05. The first-order chi connectivity index (χ1) is 6.45. The third-order valence-electron chi connectivity index (χ3n) is 2.06. The Balaban J connectivity index is 2.92. The molecule has 14 heavy (non-hydrogen) atoms. The molecule has 0 N–H and O–H groups in total. The molecule has 0 bridgehead atoms. The average molecular weight is 202 g/mol. The number of halogens is 3. The molecule has 76 valence electrons. The number of carbonyl (C=O) groups is 1. The Morgan fingerprint density at radius 2 is 1.71 bits per heavy atom. The summed E-state index contributed by atoms with van der Waals surface area (Å²) < 4.78 is 36.7. The Morgan fingerprint density at radius 3 is 2.07 bits per heavy atom. The van der Waals surface area contributed by atoms with Crippen LogP contribution in [-0.4, -0.2) is 12.5 Å². The fraction of sp³-hybridized carbons (Fsp3) is 0.300. The SMILES string of the molecule is C[C@H](c1ccc(C=O)cc1)C(F)(F)F. The summed E-state index contributed by atoms with van der Waals surface area (Å²) >= 11 is 0. The highest BCUT2D eigenvalue weighted by molar-refractivity contribution is 5.74. The molecule has 0 spiro atoms. The third kappa shape index (κ3) is 2.34. The summed E-state index contributed by atoms with van der Waals surface area (Å²) in [4.78, 5) is 10.3. The molecule has 1 aromatic rings. The molecule has 0 aliphatic carbocycles. The number of rotatable bonds is 2. The van der Waals surface area contributed by atoms with E-state index in [2.05, 4.69) is 0 Å². The van der Waals surface area contributed by atoms with Crippen molar-refractivity contribution in [3.05, 3.63) is 35.4 Å². The van der Waals surface area contributed by atoms with E-state index in [0.29, 0.717) is 11.8 Å². The highest BCUT2D eigenvalue weighted by Crippen LogP contribution is 2.33. The maximum Gasteiger partial charge on any atom is 0.395 e. The van der Waals surface area contributed by atoms with Crippen LogP contribution >= 0.6 is 0 Å². The Kier molecular flexibility index (Phi) is 2.93. The maximum absolute atomic E-state index is 12.2. The Morgan fingerprint density at radius 1 is 1.21 bits per heavy atom. The standard InChI is InChI=1S/C10H9F3O/c1-7(10(11,12)13)9-4-2-8(6-14)3-5-9/h2-7H,1H3/t7-/m1/s1. The van der Waals surface area contributed by atoms with Crippen molar-refractivity contribution in [3.8, 4) is 0 Å². The highest BCUT2D eigenvalue weighted by Gasteiger charge is 2.36. The minimum Gasteiger partial charge on any atom is -0.298 e. The lowest BCUT2D eigenvalue weighted by molar-refractivity contribution is -0.146. The van der Waals surface area contributed by atoms with Crippen molar-refractivity contribution in [2.24, 2.45) is 0 Å². The minimum atomic E-state index is -4.23. The smallest absolute Gasteiger partial charge is 0.298 e. The molecule has 0 heterocycles. The van der Waals surface area contributed by atoms with E-state index in [1.165, 1.54) is 24.3 Å². The maximum atomic E-state index is 12.2. The van der Waals surface area contributed by atoms with Crippen molar-refractivity contribution >= 4 is 6.29 Å². The van der Waals surface area contributed by atoms with E-state index in [9.17, 15) is 18.0 Å². The fourth-order valence-corrected chi connectivity index (χ4v) is 1.05. The molecule has 0 amide bonds. The van der Waals surface area contributed by atoms with E-state index in [-0.39, 0.29) is 5.56 Å². The number of carbonyl (C=O) groups excluding carboxylic acids is 1. The normalized spacial score (nSPS) is 13.7. The minimum absolute atomic E-state index is 0.170. The predicted octanol–water partition coefficient (Wildman–Crippen LogP) is 3.16. The van der Waals surface area contributed by atoms with Crippen molar-refractivity contribution in [1.29, 1.82) is 0 Å². The Labute approximate surface area is 79.5 Å². The van der Waals surface area contributed by atoms with E-state index in [1.807, 2.05) is 0 Å². The molecular weight excluding hydrogens is 193 g/mol. The summed E-state index contributed by atoms with van der Waals surface area (Å²) in [5.41, 5.74) is 0.547. The topological polar surface area (TPSA) is 17.1 Å². The molecular formula is C10H9F3O. The first-order valence-electron chi connectivity index (χ1n) is 4.07. The van der Waals surface area contributed by atoms with Crippen LogP contribution in [0.3, 0.4) is 0 Å². The largest absolute Gasteiger partial charge is 0.395 e. The van der Waals surface area contributed by atoms with Crippen LogP contribution in [0.2, 0.25) is 0 Å². The second-order valence-electron chi connectivity index (χ2n) is 3.05. The molecule has 1 aromatic carbocycles. The van der Waals surface area contributed by atoms with Crippen molar-refractivity contribution in [2.45, 2.75) is 19.0 Å². The molecule has 0 fully saturated rings. The molecule has 0 aliphatic rings. The van der Waals surface area contributed by atoms with Gasteiger partial charge in [-0.25, -0.2) is 0 Å². The lowest BCUT2D eigenvalue weighted by Crippen LogP contribution is -2.17. The van der Waals surface area contributed by atoms with Gasteiger partial charge in [0, 0.05) is 5.56 Å². The van der Waals surface area contributed by atoms with Gasteiger partial charge >= 0.3 is 6.18 Å². The average Bonchev–Trinajstić information content (AvgIpc) is 2.15. The number of hydrogen-bond acceptors (Lipinski definition) is 1. The lowest BCUT2D eigenvalue weighted by atomic mass is 10.00. The molecule has 0 aliphatic heterocycles. The summed E-state index contributed by atoms with van der Waals surface area (Å²) in [6.07, 6.45) is -3.63. The van der Waals surface area contributed by atoms with Crippen LogP contribution in [0.4, 0.5) is 13.2 Å². The van der Waals surface area contributed by atoms with Gasteiger partial charge in [-0.1, -0.05) is 24.3 Å². The molecule has 1 atom stereocenters.